The van der Waals surface area contributed by atoms with Gasteiger partial charge in [0, 0.05) is 32.6 Å². The Morgan fingerprint density at radius 3 is 2.77 bits per heavy atom. The van der Waals surface area contributed by atoms with E-state index in [0.29, 0.717) is 0 Å². The molecule has 0 spiro atoms. The van der Waals surface area contributed by atoms with Crippen LogP contribution in [0.3, 0.4) is 0 Å². The average Bonchev–Trinajstić information content (AvgIpc) is 3.25. The molecule has 2 N–H and O–H groups in total. The van der Waals surface area contributed by atoms with Crippen LogP contribution in [-0.2, 0) is 19.4 Å². The van der Waals surface area contributed by atoms with Crippen molar-refractivity contribution in [3.8, 4) is 5.75 Å². The van der Waals surface area contributed by atoms with Gasteiger partial charge < -0.3 is 19.9 Å². The SMILES string of the molecule is CCc1nncn1CCNC(=NCC1CCCCC1)NCCc1ccccc1OC. The van der Waals surface area contributed by atoms with Crippen molar-refractivity contribution < 1.29 is 4.74 Å². The van der Waals surface area contributed by atoms with Crippen LogP contribution < -0.4 is 15.4 Å². The summed E-state index contributed by atoms with van der Waals surface area (Å²) in [5.74, 6) is 3.56. The zero-order chi connectivity index (χ0) is 21.0. The van der Waals surface area contributed by atoms with Gasteiger partial charge in [0.05, 0.1) is 7.11 Å². The van der Waals surface area contributed by atoms with E-state index >= 15 is 0 Å². The summed E-state index contributed by atoms with van der Waals surface area (Å²) in [6.45, 7) is 5.42. The molecule has 1 saturated carbocycles. The molecule has 1 aliphatic rings. The molecule has 1 heterocycles. The van der Waals surface area contributed by atoms with Crippen molar-refractivity contribution in [1.82, 2.24) is 25.4 Å². The van der Waals surface area contributed by atoms with Gasteiger partial charge in [0.2, 0.25) is 0 Å². The standard InChI is InChI=1S/C23H36N6O/c1-3-22-28-27-18-29(22)16-15-25-23(26-17-19-9-5-4-6-10-19)24-14-13-20-11-7-8-12-21(20)30-2/h7-8,11-12,18-19H,3-6,9-10,13-17H2,1-2H3,(H2,24,25,26). The molecule has 0 aliphatic heterocycles. The molecule has 0 atom stereocenters. The van der Waals surface area contributed by atoms with Gasteiger partial charge in [-0.3, -0.25) is 4.99 Å². The summed E-state index contributed by atoms with van der Waals surface area (Å²) < 4.78 is 7.57. The Morgan fingerprint density at radius 1 is 1.17 bits per heavy atom. The van der Waals surface area contributed by atoms with E-state index in [4.69, 9.17) is 9.73 Å². The zero-order valence-electron chi connectivity index (χ0n) is 18.4. The van der Waals surface area contributed by atoms with Crippen molar-refractivity contribution in [1.29, 1.82) is 0 Å². The molecule has 0 radical (unpaired) electrons. The van der Waals surface area contributed by atoms with E-state index in [2.05, 4.69) is 44.5 Å². The second-order valence-electron chi connectivity index (χ2n) is 7.90. The monoisotopic (exact) mass is 412 g/mol. The number of para-hydroxylation sites is 1. The van der Waals surface area contributed by atoms with Crippen LogP contribution in [0.25, 0.3) is 0 Å². The van der Waals surface area contributed by atoms with Crippen molar-refractivity contribution in [2.24, 2.45) is 10.9 Å². The first kappa shape index (κ1) is 22.1. The van der Waals surface area contributed by atoms with E-state index in [9.17, 15) is 0 Å². The molecule has 7 nitrogen and oxygen atoms in total. The Morgan fingerprint density at radius 2 is 1.97 bits per heavy atom. The highest BCUT2D eigenvalue weighted by molar-refractivity contribution is 5.79. The number of ether oxygens (including phenoxy) is 1. The number of methoxy groups -OCH3 is 1. The third-order valence-electron chi connectivity index (χ3n) is 5.77. The molecule has 164 valence electrons. The van der Waals surface area contributed by atoms with Gasteiger partial charge in [-0.15, -0.1) is 10.2 Å². The Bertz CT molecular complexity index is 782. The summed E-state index contributed by atoms with van der Waals surface area (Å²) in [5, 5.41) is 15.2. The van der Waals surface area contributed by atoms with Gasteiger partial charge in [0.1, 0.15) is 17.9 Å². The van der Waals surface area contributed by atoms with Crippen LogP contribution in [0.1, 0.15) is 50.4 Å². The van der Waals surface area contributed by atoms with Crippen LogP contribution in [-0.4, -0.2) is 47.5 Å². The summed E-state index contributed by atoms with van der Waals surface area (Å²) >= 11 is 0. The maximum Gasteiger partial charge on any atom is 0.191 e. The lowest BCUT2D eigenvalue weighted by atomic mass is 9.89. The van der Waals surface area contributed by atoms with Crippen molar-refractivity contribution in [2.75, 3.05) is 26.7 Å². The van der Waals surface area contributed by atoms with Crippen molar-refractivity contribution in [2.45, 2.75) is 58.4 Å². The number of aromatic nitrogens is 3. The smallest absolute Gasteiger partial charge is 0.191 e. The fraction of sp³-hybridized carbons (Fsp3) is 0.609. The Kier molecular flexibility index (Phi) is 9.00. The Hall–Kier alpha value is -2.57. The molecule has 0 unspecified atom stereocenters. The highest BCUT2D eigenvalue weighted by atomic mass is 16.5. The molecule has 0 saturated heterocycles. The molecule has 2 aromatic rings. The van der Waals surface area contributed by atoms with Crippen molar-refractivity contribution >= 4 is 5.96 Å². The van der Waals surface area contributed by atoms with Crippen LogP contribution in [0, 0.1) is 5.92 Å². The third kappa shape index (κ3) is 6.75. The second kappa shape index (κ2) is 12.2. The van der Waals surface area contributed by atoms with Gasteiger partial charge in [-0.2, -0.15) is 0 Å². The quantitative estimate of drug-likeness (QED) is 0.463. The lowest BCUT2D eigenvalue weighted by Gasteiger charge is -2.20. The van der Waals surface area contributed by atoms with Crippen LogP contribution in [0.5, 0.6) is 5.75 Å². The van der Waals surface area contributed by atoms with Gasteiger partial charge in [-0.05, 0) is 36.8 Å². The predicted molar refractivity (Wildman–Crippen MR) is 121 cm³/mol. The van der Waals surface area contributed by atoms with Crippen molar-refractivity contribution in [3.63, 3.8) is 0 Å². The second-order valence-corrected chi connectivity index (χ2v) is 7.90. The molecular formula is C23H36N6O. The number of guanidine groups is 1. The summed E-state index contributed by atoms with van der Waals surface area (Å²) in [4.78, 5) is 4.91. The lowest BCUT2D eigenvalue weighted by molar-refractivity contribution is 0.366. The number of benzene rings is 1. The normalized spacial score (nSPS) is 15.2. The Balaban J connectivity index is 1.54. The molecule has 3 rings (SSSR count). The van der Waals surface area contributed by atoms with Gasteiger partial charge >= 0.3 is 0 Å². The molecule has 1 aromatic heterocycles. The fourth-order valence-electron chi connectivity index (χ4n) is 4.02. The predicted octanol–water partition coefficient (Wildman–Crippen LogP) is 3.21. The number of aryl methyl sites for hydroxylation is 1. The van der Waals surface area contributed by atoms with Gasteiger partial charge in [0.15, 0.2) is 5.96 Å². The average molecular weight is 413 g/mol. The summed E-state index contributed by atoms with van der Waals surface area (Å²) in [7, 11) is 1.72. The largest absolute Gasteiger partial charge is 0.496 e. The van der Waals surface area contributed by atoms with Crippen LogP contribution in [0.15, 0.2) is 35.6 Å². The lowest BCUT2D eigenvalue weighted by Crippen LogP contribution is -2.40. The third-order valence-corrected chi connectivity index (χ3v) is 5.77. The molecule has 1 fully saturated rings. The summed E-state index contributed by atoms with van der Waals surface area (Å²) in [5.41, 5.74) is 1.20. The first-order valence-electron chi connectivity index (χ1n) is 11.3. The fourth-order valence-corrected chi connectivity index (χ4v) is 4.02. The highest BCUT2D eigenvalue weighted by Gasteiger charge is 2.13. The minimum atomic E-state index is 0.719. The summed E-state index contributed by atoms with van der Waals surface area (Å²) in [6, 6.07) is 8.18. The van der Waals surface area contributed by atoms with Crippen LogP contribution in [0.4, 0.5) is 0 Å². The number of rotatable bonds is 10. The molecule has 1 aliphatic carbocycles. The van der Waals surface area contributed by atoms with Crippen LogP contribution in [0.2, 0.25) is 0 Å². The molecule has 0 amide bonds. The first-order chi connectivity index (χ1) is 14.8. The van der Waals surface area contributed by atoms with Crippen LogP contribution >= 0.6 is 0 Å². The number of nitrogens with one attached hydrogen (secondary N) is 2. The van der Waals surface area contributed by atoms with Gasteiger partial charge in [-0.25, -0.2) is 0 Å². The molecule has 30 heavy (non-hydrogen) atoms. The maximum atomic E-state index is 5.47. The van der Waals surface area contributed by atoms with Crippen molar-refractivity contribution in [3.05, 3.63) is 42.0 Å². The molecule has 7 heteroatoms. The first-order valence-corrected chi connectivity index (χ1v) is 11.3. The van der Waals surface area contributed by atoms with E-state index < -0.39 is 0 Å². The highest BCUT2D eigenvalue weighted by Crippen LogP contribution is 2.23. The van der Waals surface area contributed by atoms with Gasteiger partial charge in [-0.1, -0.05) is 44.4 Å². The molecule has 1 aromatic carbocycles. The molecule has 0 bridgehead atoms. The van der Waals surface area contributed by atoms with E-state index in [1.54, 1.807) is 13.4 Å². The zero-order valence-corrected chi connectivity index (χ0v) is 18.4. The maximum absolute atomic E-state index is 5.47. The summed E-state index contributed by atoms with van der Waals surface area (Å²) in [6.07, 6.45) is 10.3. The van der Waals surface area contributed by atoms with E-state index in [-0.39, 0.29) is 0 Å². The topological polar surface area (TPSA) is 76.4 Å². The molecular weight excluding hydrogens is 376 g/mol. The van der Waals surface area contributed by atoms with E-state index in [0.717, 1.165) is 62.5 Å². The number of nitrogens with zero attached hydrogens (tertiary/aromatic N) is 4. The van der Waals surface area contributed by atoms with Gasteiger partial charge in [0.25, 0.3) is 0 Å². The van der Waals surface area contributed by atoms with E-state index in [1.165, 1.54) is 37.7 Å². The number of hydrogen-bond acceptors (Lipinski definition) is 4. The Labute approximate surface area is 180 Å². The van der Waals surface area contributed by atoms with E-state index in [1.807, 2.05) is 12.1 Å². The minimum Gasteiger partial charge on any atom is -0.496 e. The number of aliphatic imine (C=N–C) groups is 1. The number of hydrogen-bond donors (Lipinski definition) is 2. The minimum absolute atomic E-state index is 0.719.